The third-order valence-electron chi connectivity index (χ3n) is 2.78. The molecule has 0 radical (unpaired) electrons. The van der Waals surface area contributed by atoms with Crippen LogP contribution in [0.3, 0.4) is 0 Å². The van der Waals surface area contributed by atoms with Crippen molar-refractivity contribution in [2.75, 3.05) is 13.2 Å². The van der Waals surface area contributed by atoms with Crippen molar-refractivity contribution in [2.24, 2.45) is 5.92 Å². The largest absolute Gasteiger partial charge is 0.481 e. The van der Waals surface area contributed by atoms with Crippen LogP contribution in [0.5, 0.6) is 5.75 Å². The second-order valence-corrected chi connectivity index (χ2v) is 5.41. The lowest BCUT2D eigenvalue weighted by Crippen LogP contribution is -2.35. The van der Waals surface area contributed by atoms with E-state index in [1.807, 2.05) is 6.92 Å². The summed E-state index contributed by atoms with van der Waals surface area (Å²) in [6.45, 7) is 1.54. The maximum atomic E-state index is 13.5. The van der Waals surface area contributed by atoms with Crippen LogP contribution in [0.25, 0.3) is 0 Å². The normalized spacial score (nSPS) is 11.8. The summed E-state index contributed by atoms with van der Waals surface area (Å²) in [5, 5.41) is 11.4. The van der Waals surface area contributed by atoms with Gasteiger partial charge in [-0.3, -0.25) is 9.59 Å². The Morgan fingerprint density at radius 2 is 2.19 bits per heavy atom. The highest BCUT2D eigenvalue weighted by Crippen LogP contribution is 2.21. The van der Waals surface area contributed by atoms with E-state index >= 15 is 0 Å². The smallest absolute Gasteiger partial charge is 0.308 e. The Bertz CT molecular complexity index is 510. The third kappa shape index (κ3) is 6.12. The number of nitrogens with one attached hydrogen (secondary N) is 1. The van der Waals surface area contributed by atoms with Crippen molar-refractivity contribution in [2.45, 2.75) is 19.8 Å². The quantitative estimate of drug-likeness (QED) is 0.746. The minimum absolute atomic E-state index is 0.0308. The Morgan fingerprint density at radius 1 is 1.48 bits per heavy atom. The first-order valence-corrected chi connectivity index (χ1v) is 7.30. The number of amides is 1. The van der Waals surface area contributed by atoms with E-state index in [9.17, 15) is 14.0 Å². The molecule has 2 N–H and O–H groups in total. The first kappa shape index (κ1) is 17.4. The van der Waals surface area contributed by atoms with E-state index in [1.165, 1.54) is 12.1 Å². The van der Waals surface area contributed by atoms with Gasteiger partial charge in [0.15, 0.2) is 18.2 Å². The number of benzene rings is 1. The van der Waals surface area contributed by atoms with Crippen molar-refractivity contribution in [3.05, 3.63) is 28.5 Å². The summed E-state index contributed by atoms with van der Waals surface area (Å²) in [7, 11) is 0. The number of ether oxygens (including phenoxy) is 1. The van der Waals surface area contributed by atoms with E-state index in [0.29, 0.717) is 17.3 Å². The van der Waals surface area contributed by atoms with Crippen LogP contribution in [0.4, 0.5) is 4.39 Å². The maximum Gasteiger partial charge on any atom is 0.308 e. The average molecular weight is 362 g/mol. The molecule has 1 aromatic rings. The van der Waals surface area contributed by atoms with Gasteiger partial charge >= 0.3 is 5.97 Å². The van der Waals surface area contributed by atoms with Crippen LogP contribution in [0, 0.1) is 11.7 Å². The lowest BCUT2D eigenvalue weighted by molar-refractivity contribution is -0.142. The Morgan fingerprint density at radius 3 is 2.76 bits per heavy atom. The van der Waals surface area contributed by atoms with Gasteiger partial charge in [0.05, 0.1) is 5.92 Å². The van der Waals surface area contributed by atoms with Crippen molar-refractivity contribution >= 4 is 27.8 Å². The number of hydrogen-bond donors (Lipinski definition) is 2. The molecule has 116 valence electrons. The molecule has 1 unspecified atom stereocenters. The molecule has 1 rings (SSSR count). The molecular weight excluding hydrogens is 345 g/mol. The van der Waals surface area contributed by atoms with E-state index in [1.54, 1.807) is 6.07 Å². The first-order valence-electron chi connectivity index (χ1n) is 6.51. The van der Waals surface area contributed by atoms with Gasteiger partial charge < -0.3 is 15.2 Å². The molecule has 5 nitrogen and oxygen atoms in total. The molecule has 0 saturated carbocycles. The number of halogens is 2. The van der Waals surface area contributed by atoms with Crippen LogP contribution in [0.15, 0.2) is 22.7 Å². The summed E-state index contributed by atoms with van der Waals surface area (Å²) in [5.74, 6) is -2.66. The van der Waals surface area contributed by atoms with Crippen LogP contribution in [0.2, 0.25) is 0 Å². The Hall–Kier alpha value is -1.63. The predicted octanol–water partition coefficient (Wildman–Crippen LogP) is 2.58. The predicted molar refractivity (Wildman–Crippen MR) is 78.6 cm³/mol. The molecule has 1 atom stereocenters. The fourth-order valence-electron chi connectivity index (χ4n) is 1.68. The van der Waals surface area contributed by atoms with Crippen molar-refractivity contribution in [3.63, 3.8) is 0 Å². The topological polar surface area (TPSA) is 75.6 Å². The van der Waals surface area contributed by atoms with Crippen LogP contribution >= 0.6 is 15.9 Å². The summed E-state index contributed by atoms with van der Waals surface area (Å²) < 4.78 is 19.1. The molecule has 0 bridgehead atoms. The Labute approximate surface area is 130 Å². The minimum atomic E-state index is -0.947. The summed E-state index contributed by atoms with van der Waals surface area (Å²) in [6, 6.07) is 4.23. The number of carbonyl (C=O) groups excluding carboxylic acids is 1. The molecule has 0 saturated heterocycles. The molecular formula is C14H17BrFNO4. The molecule has 1 aromatic carbocycles. The molecule has 7 heteroatoms. The minimum Gasteiger partial charge on any atom is -0.481 e. The molecule has 0 fully saturated rings. The van der Waals surface area contributed by atoms with Gasteiger partial charge in [-0.05, 0) is 24.6 Å². The van der Waals surface area contributed by atoms with Gasteiger partial charge in [-0.2, -0.15) is 0 Å². The summed E-state index contributed by atoms with van der Waals surface area (Å²) >= 11 is 3.11. The van der Waals surface area contributed by atoms with E-state index < -0.39 is 23.6 Å². The first-order chi connectivity index (χ1) is 9.93. The highest BCUT2D eigenvalue weighted by molar-refractivity contribution is 9.10. The Balaban J connectivity index is 2.41. The van der Waals surface area contributed by atoms with Crippen LogP contribution in [0.1, 0.15) is 19.8 Å². The molecule has 0 aromatic heterocycles. The van der Waals surface area contributed by atoms with Crippen LogP contribution < -0.4 is 10.1 Å². The van der Waals surface area contributed by atoms with E-state index in [2.05, 4.69) is 21.2 Å². The van der Waals surface area contributed by atoms with E-state index in [-0.39, 0.29) is 18.9 Å². The monoisotopic (exact) mass is 361 g/mol. The zero-order chi connectivity index (χ0) is 15.8. The second-order valence-electron chi connectivity index (χ2n) is 4.49. The lowest BCUT2D eigenvalue weighted by Gasteiger charge is -2.13. The summed E-state index contributed by atoms with van der Waals surface area (Å²) in [4.78, 5) is 22.5. The average Bonchev–Trinajstić information content (AvgIpc) is 2.42. The number of carbonyl (C=O) groups is 2. The lowest BCUT2D eigenvalue weighted by atomic mass is 10.0. The number of carboxylic acid groups (broad SMARTS) is 1. The molecule has 1 amide bonds. The number of rotatable bonds is 8. The zero-order valence-electron chi connectivity index (χ0n) is 11.6. The van der Waals surface area contributed by atoms with E-state index in [0.717, 1.165) is 0 Å². The fraction of sp³-hybridized carbons (Fsp3) is 0.429. The van der Waals surface area contributed by atoms with Crippen molar-refractivity contribution in [1.29, 1.82) is 0 Å². The molecule has 21 heavy (non-hydrogen) atoms. The molecule has 0 aliphatic heterocycles. The van der Waals surface area contributed by atoms with Crippen LogP contribution in [-0.2, 0) is 9.59 Å². The van der Waals surface area contributed by atoms with Crippen molar-refractivity contribution in [3.8, 4) is 5.75 Å². The summed E-state index contributed by atoms with van der Waals surface area (Å²) in [6.07, 6.45) is 1.20. The molecule has 0 aliphatic carbocycles. The molecule has 0 spiro atoms. The van der Waals surface area contributed by atoms with Gasteiger partial charge in [-0.1, -0.05) is 29.3 Å². The van der Waals surface area contributed by atoms with E-state index in [4.69, 9.17) is 9.84 Å². The van der Waals surface area contributed by atoms with Gasteiger partial charge in [0.25, 0.3) is 5.91 Å². The third-order valence-corrected chi connectivity index (χ3v) is 3.28. The second kappa shape index (κ2) is 8.61. The van der Waals surface area contributed by atoms with Gasteiger partial charge in [0.1, 0.15) is 0 Å². The van der Waals surface area contributed by atoms with Gasteiger partial charge in [0, 0.05) is 11.0 Å². The van der Waals surface area contributed by atoms with Crippen LogP contribution in [-0.4, -0.2) is 30.1 Å². The SMILES string of the molecule is CCCC(CNC(=O)COc1ccc(Br)cc1F)C(=O)O. The fourth-order valence-corrected chi connectivity index (χ4v) is 2.02. The van der Waals surface area contributed by atoms with Gasteiger partial charge in [-0.15, -0.1) is 0 Å². The zero-order valence-corrected chi connectivity index (χ0v) is 13.2. The highest BCUT2D eigenvalue weighted by Gasteiger charge is 2.17. The van der Waals surface area contributed by atoms with Gasteiger partial charge in [0.2, 0.25) is 0 Å². The van der Waals surface area contributed by atoms with Crippen molar-refractivity contribution in [1.82, 2.24) is 5.32 Å². The van der Waals surface area contributed by atoms with Crippen molar-refractivity contribution < 1.29 is 23.8 Å². The van der Waals surface area contributed by atoms with Gasteiger partial charge in [-0.25, -0.2) is 4.39 Å². The number of hydrogen-bond acceptors (Lipinski definition) is 3. The highest BCUT2D eigenvalue weighted by atomic mass is 79.9. The molecule has 0 heterocycles. The Kier molecular flexibility index (Phi) is 7.14. The standard InChI is InChI=1S/C14H17BrFNO4/c1-2-3-9(14(19)20)7-17-13(18)8-21-12-5-4-10(15)6-11(12)16/h4-6,9H,2-3,7-8H2,1H3,(H,17,18)(H,19,20). The number of aliphatic carboxylic acids is 1. The molecule has 0 aliphatic rings. The maximum absolute atomic E-state index is 13.5. The summed E-state index contributed by atoms with van der Waals surface area (Å²) in [5.41, 5.74) is 0. The number of carboxylic acids is 1.